The first-order chi connectivity index (χ1) is 12.1. The predicted octanol–water partition coefficient (Wildman–Crippen LogP) is 2.85. The minimum Gasteiger partial charge on any atom is -0.351 e. The van der Waals surface area contributed by atoms with Gasteiger partial charge < -0.3 is 10.2 Å². The second-order valence-electron chi connectivity index (χ2n) is 7.12. The first kappa shape index (κ1) is 17.5. The zero-order chi connectivity index (χ0) is 17.6. The number of hydrogen-bond donors (Lipinski definition) is 1. The fourth-order valence-electron chi connectivity index (χ4n) is 3.59. The molecule has 1 fully saturated rings. The third-order valence-corrected chi connectivity index (χ3v) is 4.60. The third-order valence-electron chi connectivity index (χ3n) is 4.60. The molecule has 25 heavy (non-hydrogen) atoms. The van der Waals surface area contributed by atoms with Crippen LogP contribution in [0.1, 0.15) is 30.6 Å². The smallest absolute Gasteiger partial charge is 0.254 e. The lowest BCUT2D eigenvalue weighted by Gasteiger charge is -2.34. The van der Waals surface area contributed by atoms with Crippen molar-refractivity contribution in [3.05, 3.63) is 48.3 Å². The Morgan fingerprint density at radius 3 is 2.40 bits per heavy atom. The first-order valence-corrected chi connectivity index (χ1v) is 9.00. The van der Waals surface area contributed by atoms with Gasteiger partial charge in [0.25, 0.3) is 5.91 Å². The molecule has 2 heterocycles. The second kappa shape index (κ2) is 8.21. The fourth-order valence-corrected chi connectivity index (χ4v) is 3.59. The molecule has 1 aromatic carbocycles. The Hall–Kier alpha value is -2.27. The van der Waals surface area contributed by atoms with E-state index in [1.807, 2.05) is 30.3 Å². The minimum atomic E-state index is -0.113. The molecule has 3 rings (SSSR count). The number of nitrogens with one attached hydrogen (secondary N) is 1. The quantitative estimate of drug-likeness (QED) is 0.911. The highest BCUT2D eigenvalue weighted by molar-refractivity contribution is 5.93. The second-order valence-corrected chi connectivity index (χ2v) is 7.12. The molecule has 5 heteroatoms. The topological polar surface area (TPSA) is 58.1 Å². The van der Waals surface area contributed by atoms with Crippen molar-refractivity contribution in [1.29, 1.82) is 0 Å². The summed E-state index contributed by atoms with van der Waals surface area (Å²) in [4.78, 5) is 23.3. The van der Waals surface area contributed by atoms with Crippen LogP contribution in [0.5, 0.6) is 0 Å². The molecule has 5 nitrogen and oxygen atoms in total. The SMILES string of the molecule is CC1CC(C)CN(CCNC(=O)c2cnc(-c3ccccc3)nc2)C1. The van der Waals surface area contributed by atoms with Crippen LogP contribution in [-0.4, -0.2) is 47.0 Å². The van der Waals surface area contributed by atoms with Crippen molar-refractivity contribution in [3.63, 3.8) is 0 Å². The van der Waals surface area contributed by atoms with Gasteiger partial charge in [-0.3, -0.25) is 4.79 Å². The molecule has 1 aliphatic rings. The Kier molecular flexibility index (Phi) is 5.76. The molecule has 0 spiro atoms. The Balaban J connectivity index is 1.50. The van der Waals surface area contributed by atoms with Gasteiger partial charge in [-0.05, 0) is 18.3 Å². The van der Waals surface area contributed by atoms with E-state index in [0.29, 0.717) is 17.9 Å². The Morgan fingerprint density at radius 2 is 1.76 bits per heavy atom. The van der Waals surface area contributed by atoms with Crippen LogP contribution in [0.4, 0.5) is 0 Å². The van der Waals surface area contributed by atoms with Gasteiger partial charge in [0.2, 0.25) is 0 Å². The zero-order valence-corrected chi connectivity index (χ0v) is 15.0. The lowest BCUT2D eigenvalue weighted by molar-refractivity contribution is 0.0936. The number of carbonyl (C=O) groups is 1. The van der Waals surface area contributed by atoms with Gasteiger partial charge in [0, 0.05) is 44.1 Å². The maximum Gasteiger partial charge on any atom is 0.254 e. The molecular formula is C20H26N4O. The molecule has 1 aromatic heterocycles. The van der Waals surface area contributed by atoms with E-state index in [1.165, 1.54) is 6.42 Å². The van der Waals surface area contributed by atoms with E-state index < -0.39 is 0 Å². The summed E-state index contributed by atoms with van der Waals surface area (Å²) in [6.45, 7) is 8.38. The van der Waals surface area contributed by atoms with Crippen LogP contribution in [-0.2, 0) is 0 Å². The number of benzene rings is 1. The van der Waals surface area contributed by atoms with Crippen LogP contribution in [0.2, 0.25) is 0 Å². The molecule has 0 saturated carbocycles. The molecule has 1 aliphatic heterocycles. The van der Waals surface area contributed by atoms with Crippen molar-refractivity contribution < 1.29 is 4.79 Å². The van der Waals surface area contributed by atoms with E-state index in [9.17, 15) is 4.79 Å². The van der Waals surface area contributed by atoms with Gasteiger partial charge in [0.1, 0.15) is 0 Å². The van der Waals surface area contributed by atoms with Gasteiger partial charge in [-0.15, -0.1) is 0 Å². The van der Waals surface area contributed by atoms with Gasteiger partial charge in [-0.2, -0.15) is 0 Å². The molecule has 1 saturated heterocycles. The van der Waals surface area contributed by atoms with E-state index >= 15 is 0 Å². The maximum absolute atomic E-state index is 12.3. The average Bonchev–Trinajstić information content (AvgIpc) is 2.62. The Labute approximate surface area is 149 Å². The summed E-state index contributed by atoms with van der Waals surface area (Å²) in [5.74, 6) is 1.99. The molecular weight excluding hydrogens is 312 g/mol. The van der Waals surface area contributed by atoms with Crippen molar-refractivity contribution in [1.82, 2.24) is 20.2 Å². The van der Waals surface area contributed by atoms with E-state index in [-0.39, 0.29) is 5.91 Å². The summed E-state index contributed by atoms with van der Waals surface area (Å²) >= 11 is 0. The van der Waals surface area contributed by atoms with Crippen LogP contribution in [0, 0.1) is 11.8 Å². The molecule has 2 atom stereocenters. The highest BCUT2D eigenvalue weighted by atomic mass is 16.1. The zero-order valence-electron chi connectivity index (χ0n) is 15.0. The van der Waals surface area contributed by atoms with Gasteiger partial charge in [0.15, 0.2) is 5.82 Å². The summed E-state index contributed by atoms with van der Waals surface area (Å²) in [7, 11) is 0. The number of hydrogen-bond acceptors (Lipinski definition) is 4. The fraction of sp³-hybridized carbons (Fsp3) is 0.450. The number of piperidine rings is 1. The first-order valence-electron chi connectivity index (χ1n) is 9.00. The van der Waals surface area contributed by atoms with E-state index in [2.05, 4.69) is 34.0 Å². The van der Waals surface area contributed by atoms with Gasteiger partial charge in [-0.1, -0.05) is 44.2 Å². The number of nitrogens with zero attached hydrogens (tertiary/aromatic N) is 3. The Morgan fingerprint density at radius 1 is 1.12 bits per heavy atom. The van der Waals surface area contributed by atoms with Gasteiger partial charge in [-0.25, -0.2) is 9.97 Å². The number of carbonyl (C=O) groups excluding carboxylic acids is 1. The molecule has 1 N–H and O–H groups in total. The average molecular weight is 338 g/mol. The summed E-state index contributed by atoms with van der Waals surface area (Å²) in [5, 5.41) is 2.97. The van der Waals surface area contributed by atoms with Crippen molar-refractivity contribution in [2.75, 3.05) is 26.2 Å². The highest BCUT2D eigenvalue weighted by Crippen LogP contribution is 2.20. The van der Waals surface area contributed by atoms with Crippen molar-refractivity contribution in [2.24, 2.45) is 11.8 Å². The Bertz CT molecular complexity index is 677. The molecule has 0 radical (unpaired) electrons. The predicted molar refractivity (Wildman–Crippen MR) is 99.2 cm³/mol. The van der Waals surface area contributed by atoms with E-state index in [0.717, 1.165) is 37.0 Å². The van der Waals surface area contributed by atoms with Crippen LogP contribution >= 0.6 is 0 Å². The van der Waals surface area contributed by atoms with Crippen LogP contribution in [0.15, 0.2) is 42.7 Å². The molecule has 2 aromatic rings. The maximum atomic E-state index is 12.3. The van der Waals surface area contributed by atoms with Gasteiger partial charge in [0.05, 0.1) is 5.56 Å². The summed E-state index contributed by atoms with van der Waals surface area (Å²) < 4.78 is 0. The molecule has 0 aliphatic carbocycles. The number of amides is 1. The van der Waals surface area contributed by atoms with Crippen molar-refractivity contribution in [2.45, 2.75) is 20.3 Å². The standard InChI is InChI=1S/C20H26N4O/c1-15-10-16(2)14-24(13-15)9-8-21-20(25)18-11-22-19(23-12-18)17-6-4-3-5-7-17/h3-7,11-12,15-16H,8-10,13-14H2,1-2H3,(H,21,25). The van der Waals surface area contributed by atoms with Crippen LogP contribution < -0.4 is 5.32 Å². The van der Waals surface area contributed by atoms with E-state index in [1.54, 1.807) is 12.4 Å². The summed E-state index contributed by atoms with van der Waals surface area (Å²) in [6, 6.07) is 9.75. The lowest BCUT2D eigenvalue weighted by atomic mass is 9.92. The van der Waals surface area contributed by atoms with Gasteiger partial charge >= 0.3 is 0 Å². The van der Waals surface area contributed by atoms with Crippen molar-refractivity contribution >= 4 is 5.91 Å². The normalized spacial score (nSPS) is 21.0. The number of rotatable bonds is 5. The number of aromatic nitrogens is 2. The van der Waals surface area contributed by atoms with Crippen LogP contribution in [0.25, 0.3) is 11.4 Å². The largest absolute Gasteiger partial charge is 0.351 e. The third kappa shape index (κ3) is 4.86. The molecule has 2 unspecified atom stereocenters. The molecule has 132 valence electrons. The van der Waals surface area contributed by atoms with E-state index in [4.69, 9.17) is 0 Å². The number of likely N-dealkylation sites (tertiary alicyclic amines) is 1. The lowest BCUT2D eigenvalue weighted by Crippen LogP contribution is -2.42. The minimum absolute atomic E-state index is 0.113. The van der Waals surface area contributed by atoms with Crippen LogP contribution in [0.3, 0.4) is 0 Å². The highest BCUT2D eigenvalue weighted by Gasteiger charge is 2.21. The molecule has 0 bridgehead atoms. The summed E-state index contributed by atoms with van der Waals surface area (Å²) in [6.07, 6.45) is 4.49. The summed E-state index contributed by atoms with van der Waals surface area (Å²) in [5.41, 5.74) is 1.45. The molecule has 1 amide bonds. The monoisotopic (exact) mass is 338 g/mol. The van der Waals surface area contributed by atoms with Crippen molar-refractivity contribution in [3.8, 4) is 11.4 Å².